The fraction of sp³-hybridized carbons (Fsp3) is 0.250. The Balaban J connectivity index is 1.76. The Morgan fingerprint density at radius 2 is 1.89 bits per heavy atom. The Labute approximate surface area is 274 Å². The van der Waals surface area contributed by atoms with Crippen LogP contribution in [0.5, 0.6) is 5.75 Å². The van der Waals surface area contributed by atoms with Gasteiger partial charge in [-0.2, -0.15) is 5.26 Å². The number of thiazole rings is 1. The van der Waals surface area contributed by atoms with Crippen LogP contribution in [-0.4, -0.2) is 70.4 Å². The summed E-state index contributed by atoms with van der Waals surface area (Å²) in [7, 11) is 1.48. The van der Waals surface area contributed by atoms with Gasteiger partial charge in [0.25, 0.3) is 11.8 Å². The van der Waals surface area contributed by atoms with Crippen molar-refractivity contribution < 1.29 is 29.0 Å². The van der Waals surface area contributed by atoms with Crippen LogP contribution in [0.25, 0.3) is 22.4 Å². The molecule has 0 fully saturated rings. The van der Waals surface area contributed by atoms with Gasteiger partial charge in [0.15, 0.2) is 17.6 Å². The van der Waals surface area contributed by atoms with Crippen LogP contribution in [0.1, 0.15) is 46.5 Å². The van der Waals surface area contributed by atoms with E-state index in [1.165, 1.54) is 18.2 Å². The number of carboxylic acid groups (broad SMARTS) is 1. The molecule has 14 heteroatoms. The maximum atomic E-state index is 13.1. The summed E-state index contributed by atoms with van der Waals surface area (Å²) in [6.45, 7) is 5.42. The van der Waals surface area contributed by atoms with E-state index in [-0.39, 0.29) is 41.8 Å². The number of nitrogens with one attached hydrogen (secondary N) is 2. The van der Waals surface area contributed by atoms with Crippen LogP contribution in [0.4, 0.5) is 10.6 Å². The van der Waals surface area contributed by atoms with Gasteiger partial charge in [-0.25, -0.2) is 14.8 Å². The van der Waals surface area contributed by atoms with Gasteiger partial charge in [-0.3, -0.25) is 9.59 Å². The fourth-order valence-corrected chi connectivity index (χ4v) is 5.18. The third kappa shape index (κ3) is 8.16. The number of nitrogens with zero attached hydrogens (tertiary/aromatic N) is 4. The number of pyridine rings is 1. The van der Waals surface area contributed by atoms with Crippen LogP contribution in [0.15, 0.2) is 60.1 Å². The van der Waals surface area contributed by atoms with Crippen molar-refractivity contribution in [3.8, 4) is 34.2 Å². The van der Waals surface area contributed by atoms with Crippen molar-refractivity contribution in [2.45, 2.75) is 26.3 Å². The molecule has 3 amide bonds. The van der Waals surface area contributed by atoms with Crippen molar-refractivity contribution >= 4 is 46.7 Å². The highest BCUT2D eigenvalue weighted by Crippen LogP contribution is 2.37. The second kappa shape index (κ2) is 14.8. The van der Waals surface area contributed by atoms with Crippen LogP contribution in [0, 0.1) is 11.3 Å². The number of benzene rings is 2. The number of hydrogen-bond donors (Lipinski definition) is 3. The minimum absolute atomic E-state index is 0.0198. The van der Waals surface area contributed by atoms with Gasteiger partial charge < -0.3 is 30.1 Å². The lowest BCUT2D eigenvalue weighted by Crippen LogP contribution is -2.48. The van der Waals surface area contributed by atoms with E-state index in [1.807, 2.05) is 0 Å². The van der Waals surface area contributed by atoms with Crippen molar-refractivity contribution in [3.63, 3.8) is 0 Å². The van der Waals surface area contributed by atoms with Gasteiger partial charge >= 0.3 is 6.09 Å². The largest absolute Gasteiger partial charge is 0.467 e. The molecule has 0 aliphatic rings. The summed E-state index contributed by atoms with van der Waals surface area (Å²) in [5, 5.41) is 27.5. The highest BCUT2D eigenvalue weighted by Gasteiger charge is 2.26. The molecular weight excluding hydrogens is 632 g/mol. The second-order valence-corrected chi connectivity index (χ2v) is 12.1. The third-order valence-electron chi connectivity index (χ3n) is 6.64. The summed E-state index contributed by atoms with van der Waals surface area (Å²) in [4.78, 5) is 47.7. The monoisotopic (exact) mass is 662 g/mol. The molecular formula is C32H31ClN6O6S. The number of methoxy groups -OCH3 is 1. The molecule has 0 atom stereocenters. The molecule has 2 aromatic carbocycles. The molecule has 3 N–H and O–H groups in total. The molecule has 0 spiro atoms. The van der Waals surface area contributed by atoms with Gasteiger partial charge in [0.1, 0.15) is 17.4 Å². The summed E-state index contributed by atoms with van der Waals surface area (Å²) < 4.78 is 10.8. The van der Waals surface area contributed by atoms with Gasteiger partial charge in [0.2, 0.25) is 0 Å². The topological polar surface area (TPSA) is 167 Å². The van der Waals surface area contributed by atoms with Crippen LogP contribution >= 0.6 is 22.9 Å². The highest BCUT2D eigenvalue weighted by molar-refractivity contribution is 7.11. The zero-order chi connectivity index (χ0) is 33.4. The van der Waals surface area contributed by atoms with Crippen molar-refractivity contribution in [3.05, 3.63) is 81.3 Å². The number of carbonyl (C=O) groups excluding carboxylic acids is 2. The van der Waals surface area contributed by atoms with Gasteiger partial charge in [0, 0.05) is 59.0 Å². The van der Waals surface area contributed by atoms with Gasteiger partial charge in [-0.05, 0) is 62.7 Å². The van der Waals surface area contributed by atoms with Gasteiger partial charge in [0.05, 0.1) is 5.69 Å². The predicted molar refractivity (Wildman–Crippen MR) is 174 cm³/mol. The molecule has 2 heterocycles. The average Bonchev–Trinajstić information content (AvgIpc) is 3.56. The fourth-order valence-electron chi connectivity index (χ4n) is 4.49. The molecule has 0 bridgehead atoms. The van der Waals surface area contributed by atoms with E-state index in [2.05, 4.69) is 26.7 Å². The van der Waals surface area contributed by atoms with Crippen LogP contribution in [0.3, 0.4) is 0 Å². The second-order valence-electron chi connectivity index (χ2n) is 10.8. The molecule has 12 nitrogen and oxygen atoms in total. The van der Waals surface area contributed by atoms with E-state index in [9.17, 15) is 24.8 Å². The molecule has 2 aromatic heterocycles. The third-order valence-corrected chi connectivity index (χ3v) is 7.65. The van der Waals surface area contributed by atoms with Crippen molar-refractivity contribution in [1.29, 1.82) is 5.26 Å². The SMILES string of the molecule is COCOc1cc(Cl)ccc1-c1cc(-c2cccc(C(=O)NCCN(C(=O)O)C(C)(C)C)c2)c(C#N)c(NC(=O)c2nccs2)n1. The number of hydrogen-bond acceptors (Lipinski definition) is 9. The van der Waals surface area contributed by atoms with Crippen molar-refractivity contribution in [1.82, 2.24) is 20.2 Å². The molecule has 4 rings (SSSR count). The first-order chi connectivity index (χ1) is 21.9. The van der Waals surface area contributed by atoms with Gasteiger partial charge in [-0.1, -0.05) is 23.7 Å². The predicted octanol–water partition coefficient (Wildman–Crippen LogP) is 6.14. The van der Waals surface area contributed by atoms with Crippen molar-refractivity contribution in [2.24, 2.45) is 0 Å². The number of rotatable bonds is 11. The minimum Gasteiger partial charge on any atom is -0.467 e. The zero-order valence-electron chi connectivity index (χ0n) is 25.5. The molecule has 0 unspecified atom stereocenters. The maximum Gasteiger partial charge on any atom is 0.407 e. The molecule has 0 aliphatic carbocycles. The lowest BCUT2D eigenvalue weighted by molar-refractivity contribution is 0.0515. The van der Waals surface area contributed by atoms with E-state index in [4.69, 9.17) is 21.1 Å². The Bertz CT molecular complexity index is 1780. The van der Waals surface area contributed by atoms with E-state index in [0.717, 1.165) is 11.3 Å². The standard InChI is InChI=1S/C32H31ClN6O6S/c1-32(2,3)39(31(42)43)12-10-35-28(40)20-7-5-6-19(14-20)23-16-25(22-9-8-21(33)15-26(22)45-18-44-4)37-27(24(23)17-34)38-29(41)30-36-11-13-46-30/h5-9,11,13-16H,10,12,18H2,1-4H3,(H,35,40)(H,42,43)(H,37,38,41). The lowest BCUT2D eigenvalue weighted by atomic mass is 9.96. The lowest BCUT2D eigenvalue weighted by Gasteiger charge is -2.33. The molecule has 0 saturated heterocycles. The number of amides is 3. The van der Waals surface area contributed by atoms with E-state index >= 15 is 0 Å². The van der Waals surface area contributed by atoms with Crippen molar-refractivity contribution in [2.75, 3.05) is 32.3 Å². The summed E-state index contributed by atoms with van der Waals surface area (Å²) >= 11 is 7.37. The average molecular weight is 663 g/mol. The number of ether oxygens (including phenoxy) is 2. The highest BCUT2D eigenvalue weighted by atomic mass is 35.5. The summed E-state index contributed by atoms with van der Waals surface area (Å²) in [6, 6.07) is 15.3. The first kappa shape index (κ1) is 33.9. The van der Waals surface area contributed by atoms with Crippen LogP contribution in [-0.2, 0) is 4.74 Å². The molecule has 0 radical (unpaired) electrons. The Kier molecular flexibility index (Phi) is 10.9. The number of anilines is 1. The van der Waals surface area contributed by atoms with E-state index < -0.39 is 23.4 Å². The van der Waals surface area contributed by atoms with Crippen LogP contribution < -0.4 is 15.4 Å². The zero-order valence-corrected chi connectivity index (χ0v) is 27.0. The number of nitriles is 1. The van der Waals surface area contributed by atoms with Crippen LogP contribution in [0.2, 0.25) is 5.02 Å². The van der Waals surface area contributed by atoms with Gasteiger partial charge in [-0.15, -0.1) is 11.3 Å². The summed E-state index contributed by atoms with van der Waals surface area (Å²) in [6.07, 6.45) is 0.405. The normalized spacial score (nSPS) is 11.0. The molecule has 0 saturated carbocycles. The minimum atomic E-state index is -1.09. The van der Waals surface area contributed by atoms with E-state index in [0.29, 0.717) is 33.2 Å². The number of carbonyl (C=O) groups is 3. The molecule has 46 heavy (non-hydrogen) atoms. The summed E-state index contributed by atoms with van der Waals surface area (Å²) in [5.74, 6) is -0.644. The van der Waals surface area contributed by atoms with E-state index in [1.54, 1.807) is 74.7 Å². The number of aromatic nitrogens is 2. The maximum absolute atomic E-state index is 13.1. The molecule has 238 valence electrons. The molecule has 0 aliphatic heterocycles. The summed E-state index contributed by atoms with van der Waals surface area (Å²) in [5.41, 5.74) is 1.42. The smallest absolute Gasteiger partial charge is 0.407 e. The Hall–Kier alpha value is -5.03. The first-order valence-electron chi connectivity index (χ1n) is 13.9. The quantitative estimate of drug-likeness (QED) is 0.160. The first-order valence-corrected chi connectivity index (χ1v) is 15.2. The Morgan fingerprint density at radius 3 is 2.54 bits per heavy atom. The number of halogens is 1. The Morgan fingerprint density at radius 1 is 1.11 bits per heavy atom. The molecule has 4 aromatic rings.